The molecule has 114 valence electrons. The van der Waals surface area contributed by atoms with E-state index >= 15 is 0 Å². The van der Waals surface area contributed by atoms with Crippen molar-refractivity contribution >= 4 is 29.5 Å². The third kappa shape index (κ3) is 3.28. The van der Waals surface area contributed by atoms with Gasteiger partial charge in [-0.25, -0.2) is 0 Å². The van der Waals surface area contributed by atoms with E-state index in [2.05, 4.69) is 29.7 Å². The van der Waals surface area contributed by atoms with Crippen molar-refractivity contribution in [3.8, 4) is 0 Å². The van der Waals surface area contributed by atoms with E-state index in [1.807, 2.05) is 42.5 Å². The zero-order chi connectivity index (χ0) is 16.2. The number of para-hydroxylation sites is 1. The summed E-state index contributed by atoms with van der Waals surface area (Å²) in [6.45, 7) is 4.83. The van der Waals surface area contributed by atoms with Crippen LogP contribution < -0.4 is 10.4 Å². The number of allylic oxidation sites excluding steroid dienone is 4. The highest BCUT2D eigenvalue weighted by atomic mass is 16.4. The molecule has 1 aliphatic heterocycles. The first kappa shape index (κ1) is 15.3. The van der Waals surface area contributed by atoms with Gasteiger partial charge in [-0.3, -0.25) is 0 Å². The van der Waals surface area contributed by atoms with Crippen LogP contribution in [0.15, 0.2) is 79.4 Å². The molecule has 0 atom stereocenters. The van der Waals surface area contributed by atoms with Crippen LogP contribution in [0.5, 0.6) is 0 Å². The third-order valence-corrected chi connectivity index (χ3v) is 3.86. The second kappa shape index (κ2) is 6.69. The molecule has 0 bridgehead atoms. The van der Waals surface area contributed by atoms with Gasteiger partial charge in [-0.2, -0.15) is 0 Å². The zero-order valence-corrected chi connectivity index (χ0v) is 12.8. The van der Waals surface area contributed by atoms with E-state index in [1.54, 1.807) is 12.1 Å². The summed E-state index contributed by atoms with van der Waals surface area (Å²) in [5, 5.41) is 18.9. The van der Waals surface area contributed by atoms with Crippen LogP contribution in [0.3, 0.4) is 0 Å². The van der Waals surface area contributed by atoms with E-state index in [4.69, 9.17) is 0 Å². The van der Waals surface area contributed by atoms with Gasteiger partial charge < -0.3 is 14.9 Å². The Morgan fingerprint density at radius 3 is 2.52 bits per heavy atom. The summed E-state index contributed by atoms with van der Waals surface area (Å²) in [5.74, 6) is 0. The van der Waals surface area contributed by atoms with Crippen molar-refractivity contribution in [1.82, 2.24) is 0 Å². The van der Waals surface area contributed by atoms with Gasteiger partial charge in [0.15, 0.2) is 0 Å². The fourth-order valence-electron chi connectivity index (χ4n) is 2.66. The highest BCUT2D eigenvalue weighted by Gasteiger charge is 2.18. The molecule has 0 fully saturated rings. The minimum atomic E-state index is -1.49. The highest BCUT2D eigenvalue weighted by molar-refractivity contribution is 6.58. The molecule has 4 heteroatoms. The van der Waals surface area contributed by atoms with Crippen LogP contribution in [-0.4, -0.2) is 23.7 Å². The smallest absolute Gasteiger partial charge is 0.423 e. The van der Waals surface area contributed by atoms with Crippen molar-refractivity contribution in [1.29, 1.82) is 0 Å². The minimum absolute atomic E-state index is 0.457. The topological polar surface area (TPSA) is 43.7 Å². The zero-order valence-electron chi connectivity index (χ0n) is 12.8. The Bertz CT molecular complexity index is 766. The first-order chi connectivity index (χ1) is 11.2. The average molecular weight is 303 g/mol. The fourth-order valence-corrected chi connectivity index (χ4v) is 2.66. The molecule has 0 unspecified atom stereocenters. The molecule has 0 saturated carbocycles. The molecule has 2 N–H and O–H groups in total. The van der Waals surface area contributed by atoms with Crippen LogP contribution in [-0.2, 0) is 0 Å². The Kier molecular flexibility index (Phi) is 4.46. The summed E-state index contributed by atoms with van der Waals surface area (Å²) in [4.78, 5) is 2.18. The Morgan fingerprint density at radius 1 is 1.00 bits per heavy atom. The molecule has 0 saturated heterocycles. The van der Waals surface area contributed by atoms with E-state index in [1.165, 1.54) is 0 Å². The Labute approximate surface area is 136 Å². The number of benzene rings is 2. The van der Waals surface area contributed by atoms with E-state index in [9.17, 15) is 10.0 Å². The van der Waals surface area contributed by atoms with Crippen molar-refractivity contribution < 1.29 is 10.0 Å². The quantitative estimate of drug-likeness (QED) is 0.838. The SMILES string of the molecule is C=C1/C=C\C=C/CN(c2ccccc2)c2ccc(B(O)O)cc21. The molecular formula is C19H18BNO2. The van der Waals surface area contributed by atoms with Gasteiger partial charge in [0, 0.05) is 23.5 Å². The van der Waals surface area contributed by atoms with Crippen LogP contribution >= 0.6 is 0 Å². The normalized spacial score (nSPS) is 16.8. The summed E-state index contributed by atoms with van der Waals surface area (Å²) in [5.41, 5.74) is 4.24. The largest absolute Gasteiger partial charge is 0.488 e. The minimum Gasteiger partial charge on any atom is -0.423 e. The van der Waals surface area contributed by atoms with Crippen molar-refractivity contribution in [3.05, 3.63) is 85.0 Å². The van der Waals surface area contributed by atoms with Crippen LogP contribution in [0.2, 0.25) is 0 Å². The average Bonchev–Trinajstić information content (AvgIpc) is 2.65. The van der Waals surface area contributed by atoms with Crippen molar-refractivity contribution in [2.75, 3.05) is 11.4 Å². The molecule has 0 aromatic heterocycles. The standard InChI is InChI=1S/C19H18BNO2/c1-15-8-4-3-7-13-21(17-9-5-2-6-10-17)19-12-11-16(20(22)23)14-18(15)19/h2-12,14,22-23H,1,13H2/b7-3-,8-4-. The molecule has 0 aliphatic carbocycles. The number of nitrogens with zero attached hydrogens (tertiary/aromatic N) is 1. The highest BCUT2D eigenvalue weighted by Crippen LogP contribution is 2.32. The number of hydrogen-bond acceptors (Lipinski definition) is 3. The second-order valence-corrected chi connectivity index (χ2v) is 5.41. The van der Waals surface area contributed by atoms with Crippen LogP contribution in [0.1, 0.15) is 5.56 Å². The third-order valence-electron chi connectivity index (χ3n) is 3.86. The molecule has 2 aromatic rings. The second-order valence-electron chi connectivity index (χ2n) is 5.41. The van der Waals surface area contributed by atoms with E-state index in [0.717, 1.165) is 29.1 Å². The summed E-state index contributed by atoms with van der Waals surface area (Å²) >= 11 is 0. The number of anilines is 2. The lowest BCUT2D eigenvalue weighted by Gasteiger charge is -2.26. The maximum Gasteiger partial charge on any atom is 0.488 e. The van der Waals surface area contributed by atoms with Crippen molar-refractivity contribution in [3.63, 3.8) is 0 Å². The molecule has 1 aliphatic rings. The molecule has 0 spiro atoms. The predicted molar refractivity (Wildman–Crippen MR) is 97.0 cm³/mol. The van der Waals surface area contributed by atoms with Gasteiger partial charge in [0.25, 0.3) is 0 Å². The summed E-state index contributed by atoms with van der Waals surface area (Å²) in [7, 11) is -1.49. The number of rotatable bonds is 2. The van der Waals surface area contributed by atoms with Gasteiger partial charge >= 0.3 is 7.12 Å². The molecule has 3 nitrogen and oxygen atoms in total. The van der Waals surface area contributed by atoms with Gasteiger partial charge in [0.05, 0.1) is 0 Å². The fraction of sp³-hybridized carbons (Fsp3) is 0.0526. The summed E-state index contributed by atoms with van der Waals surface area (Å²) in [6.07, 6.45) is 7.95. The van der Waals surface area contributed by atoms with Crippen LogP contribution in [0.25, 0.3) is 5.57 Å². The lowest BCUT2D eigenvalue weighted by Crippen LogP contribution is -2.30. The molecular weight excluding hydrogens is 285 g/mol. The monoisotopic (exact) mass is 303 g/mol. The molecule has 3 rings (SSSR count). The van der Waals surface area contributed by atoms with Gasteiger partial charge in [-0.15, -0.1) is 0 Å². The number of hydrogen-bond donors (Lipinski definition) is 2. The Balaban J connectivity index is 2.17. The summed E-state index contributed by atoms with van der Waals surface area (Å²) in [6, 6.07) is 15.5. The first-order valence-electron chi connectivity index (χ1n) is 7.52. The van der Waals surface area contributed by atoms with Gasteiger partial charge in [0.1, 0.15) is 0 Å². The molecule has 0 amide bonds. The summed E-state index contributed by atoms with van der Waals surface area (Å²) < 4.78 is 0. The van der Waals surface area contributed by atoms with E-state index < -0.39 is 7.12 Å². The lowest BCUT2D eigenvalue weighted by molar-refractivity contribution is 0.426. The molecule has 1 heterocycles. The maximum atomic E-state index is 9.46. The molecule has 2 aromatic carbocycles. The van der Waals surface area contributed by atoms with Crippen LogP contribution in [0, 0.1) is 0 Å². The maximum absolute atomic E-state index is 9.46. The van der Waals surface area contributed by atoms with Crippen molar-refractivity contribution in [2.24, 2.45) is 0 Å². The van der Waals surface area contributed by atoms with E-state index in [-0.39, 0.29) is 0 Å². The Hall–Kier alpha value is -2.56. The van der Waals surface area contributed by atoms with Crippen LogP contribution in [0.4, 0.5) is 11.4 Å². The van der Waals surface area contributed by atoms with Gasteiger partial charge in [0.2, 0.25) is 0 Å². The molecule has 23 heavy (non-hydrogen) atoms. The van der Waals surface area contributed by atoms with Gasteiger partial charge in [-0.1, -0.05) is 61.2 Å². The number of fused-ring (bicyclic) bond motifs is 1. The molecule has 0 radical (unpaired) electrons. The van der Waals surface area contributed by atoms with E-state index in [0.29, 0.717) is 5.46 Å². The predicted octanol–water partition coefficient (Wildman–Crippen LogP) is 2.64. The van der Waals surface area contributed by atoms with Gasteiger partial charge in [-0.05, 0) is 29.2 Å². The first-order valence-corrected chi connectivity index (χ1v) is 7.52. The lowest BCUT2D eigenvalue weighted by atomic mass is 9.78. The van der Waals surface area contributed by atoms with Crippen molar-refractivity contribution in [2.45, 2.75) is 0 Å². The Morgan fingerprint density at radius 2 is 1.78 bits per heavy atom.